The average molecular weight is 481 g/mol. The van der Waals surface area contributed by atoms with E-state index in [1.165, 1.54) is 11.7 Å². The molecule has 10 heteroatoms. The van der Waals surface area contributed by atoms with E-state index in [1.807, 2.05) is 58.3 Å². The fourth-order valence-electron chi connectivity index (χ4n) is 4.02. The second kappa shape index (κ2) is 10.5. The predicted molar refractivity (Wildman–Crippen MR) is 130 cm³/mol. The van der Waals surface area contributed by atoms with Crippen LogP contribution in [0.4, 0.5) is 10.5 Å². The highest BCUT2D eigenvalue weighted by molar-refractivity contribution is 6.33. The molecule has 0 radical (unpaired) electrons. The van der Waals surface area contributed by atoms with Crippen LogP contribution in [0.3, 0.4) is 0 Å². The SMILES string of the molecule is CNC(=O)NC(=O)C(c1ccccc1)N1CCN(c2cnn(-c3ccccc3)c(=O)c2Cl)CC1. The van der Waals surface area contributed by atoms with Crippen LogP contribution in [0.25, 0.3) is 5.69 Å². The van der Waals surface area contributed by atoms with Crippen LogP contribution in [0, 0.1) is 0 Å². The quantitative estimate of drug-likeness (QED) is 0.581. The number of hydrogen-bond acceptors (Lipinski definition) is 6. The summed E-state index contributed by atoms with van der Waals surface area (Å²) in [4.78, 5) is 41.5. The summed E-state index contributed by atoms with van der Waals surface area (Å²) in [5.74, 6) is -0.399. The van der Waals surface area contributed by atoms with Crippen molar-refractivity contribution in [1.29, 1.82) is 0 Å². The third kappa shape index (κ3) is 4.95. The molecule has 4 rings (SSSR count). The molecule has 1 saturated heterocycles. The molecule has 1 fully saturated rings. The number of aromatic nitrogens is 2. The zero-order valence-electron chi connectivity index (χ0n) is 18.6. The number of anilines is 1. The van der Waals surface area contributed by atoms with Gasteiger partial charge in [0.1, 0.15) is 11.1 Å². The van der Waals surface area contributed by atoms with Gasteiger partial charge in [-0.25, -0.2) is 4.79 Å². The van der Waals surface area contributed by atoms with E-state index < -0.39 is 18.0 Å². The van der Waals surface area contributed by atoms with Crippen molar-refractivity contribution < 1.29 is 9.59 Å². The Morgan fingerprint density at radius 3 is 2.21 bits per heavy atom. The van der Waals surface area contributed by atoms with Crippen molar-refractivity contribution in [2.24, 2.45) is 0 Å². The number of rotatable bonds is 5. The van der Waals surface area contributed by atoms with E-state index >= 15 is 0 Å². The van der Waals surface area contributed by atoms with E-state index in [2.05, 4.69) is 15.7 Å². The maximum absolute atomic E-state index is 12.9. The van der Waals surface area contributed by atoms with Gasteiger partial charge < -0.3 is 10.2 Å². The molecule has 1 atom stereocenters. The summed E-state index contributed by atoms with van der Waals surface area (Å²) in [5, 5.41) is 9.21. The van der Waals surface area contributed by atoms with Crippen molar-refractivity contribution >= 4 is 29.2 Å². The van der Waals surface area contributed by atoms with E-state index in [4.69, 9.17) is 11.6 Å². The summed E-state index contributed by atoms with van der Waals surface area (Å²) in [6.45, 7) is 2.12. The Morgan fingerprint density at radius 2 is 1.59 bits per heavy atom. The molecule has 3 amide bonds. The number of piperazine rings is 1. The Morgan fingerprint density at radius 1 is 0.971 bits per heavy atom. The Kier molecular flexibility index (Phi) is 7.24. The van der Waals surface area contributed by atoms with Crippen molar-refractivity contribution in [3.05, 3.63) is 87.8 Å². The zero-order valence-corrected chi connectivity index (χ0v) is 19.4. The van der Waals surface area contributed by atoms with Crippen molar-refractivity contribution in [3.63, 3.8) is 0 Å². The molecule has 0 saturated carbocycles. The number of hydrogen-bond donors (Lipinski definition) is 2. The first kappa shape index (κ1) is 23.5. The summed E-state index contributed by atoms with van der Waals surface area (Å²) in [6.07, 6.45) is 1.60. The zero-order chi connectivity index (χ0) is 24.1. The maximum Gasteiger partial charge on any atom is 0.321 e. The second-order valence-corrected chi connectivity index (χ2v) is 8.18. The molecule has 2 aromatic carbocycles. The molecule has 1 aliphatic rings. The van der Waals surface area contributed by atoms with Crippen molar-refractivity contribution in [2.75, 3.05) is 38.1 Å². The standard InChI is InChI=1S/C24H25ClN6O3/c1-26-24(34)28-22(32)21(17-8-4-2-5-9-17)30-14-12-29(13-15-30)19-16-27-31(23(33)20(19)25)18-10-6-3-7-11-18/h2-11,16,21H,12-15H2,1H3,(H2,26,28,32,34). The van der Waals surface area contributed by atoms with Gasteiger partial charge in [0.25, 0.3) is 5.56 Å². The number of urea groups is 1. The topological polar surface area (TPSA) is 99.6 Å². The summed E-state index contributed by atoms with van der Waals surface area (Å²) in [7, 11) is 1.46. The number of carbonyl (C=O) groups is 2. The van der Waals surface area contributed by atoms with Gasteiger partial charge in [0.15, 0.2) is 0 Å². The number of nitrogens with one attached hydrogen (secondary N) is 2. The van der Waals surface area contributed by atoms with Crippen LogP contribution in [0.5, 0.6) is 0 Å². The highest BCUT2D eigenvalue weighted by Crippen LogP contribution is 2.27. The Bertz CT molecular complexity index is 1210. The van der Waals surface area contributed by atoms with Crippen LogP contribution in [-0.2, 0) is 4.79 Å². The molecule has 0 spiro atoms. The molecule has 1 aromatic heterocycles. The van der Waals surface area contributed by atoms with Crippen molar-refractivity contribution in [1.82, 2.24) is 25.3 Å². The Labute approximate surface area is 201 Å². The lowest BCUT2D eigenvalue weighted by atomic mass is 10.0. The fraction of sp³-hybridized carbons (Fsp3) is 0.250. The van der Waals surface area contributed by atoms with Gasteiger partial charge in [-0.15, -0.1) is 0 Å². The molecular weight excluding hydrogens is 456 g/mol. The third-order valence-corrected chi connectivity index (χ3v) is 6.10. The average Bonchev–Trinajstić information content (AvgIpc) is 2.87. The smallest absolute Gasteiger partial charge is 0.321 e. The van der Waals surface area contributed by atoms with E-state index in [0.29, 0.717) is 37.6 Å². The normalized spacial score (nSPS) is 14.9. The summed E-state index contributed by atoms with van der Waals surface area (Å²) in [6, 6.07) is 17.2. The first-order valence-electron chi connectivity index (χ1n) is 10.9. The largest absolute Gasteiger partial charge is 0.366 e. The van der Waals surface area contributed by atoms with Gasteiger partial charge in [-0.05, 0) is 17.7 Å². The number of benzene rings is 2. The van der Waals surface area contributed by atoms with E-state index in [-0.39, 0.29) is 10.6 Å². The van der Waals surface area contributed by atoms with Crippen LogP contribution < -0.4 is 21.1 Å². The fourth-order valence-corrected chi connectivity index (χ4v) is 4.27. The summed E-state index contributed by atoms with van der Waals surface area (Å²) < 4.78 is 1.27. The van der Waals surface area contributed by atoms with Gasteiger partial charge in [-0.3, -0.25) is 19.8 Å². The lowest BCUT2D eigenvalue weighted by Gasteiger charge is -2.39. The number of halogens is 1. The van der Waals surface area contributed by atoms with Gasteiger partial charge in [-0.2, -0.15) is 9.78 Å². The lowest BCUT2D eigenvalue weighted by molar-refractivity contribution is -0.125. The summed E-state index contributed by atoms with van der Waals surface area (Å²) >= 11 is 6.46. The van der Waals surface area contributed by atoms with Crippen LogP contribution in [-0.4, -0.2) is 59.8 Å². The molecule has 2 heterocycles. The van der Waals surface area contributed by atoms with Gasteiger partial charge >= 0.3 is 6.03 Å². The molecule has 34 heavy (non-hydrogen) atoms. The molecule has 1 aliphatic heterocycles. The van der Waals surface area contributed by atoms with Gasteiger partial charge in [0.2, 0.25) is 5.91 Å². The highest BCUT2D eigenvalue weighted by Gasteiger charge is 2.32. The lowest BCUT2D eigenvalue weighted by Crippen LogP contribution is -2.52. The van der Waals surface area contributed by atoms with Crippen molar-refractivity contribution in [2.45, 2.75) is 6.04 Å². The third-order valence-electron chi connectivity index (χ3n) is 5.75. The minimum absolute atomic E-state index is 0.101. The molecule has 9 nitrogen and oxygen atoms in total. The van der Waals surface area contributed by atoms with Crippen LogP contribution in [0.15, 0.2) is 71.7 Å². The van der Waals surface area contributed by atoms with E-state index in [1.54, 1.807) is 18.3 Å². The number of para-hydroxylation sites is 1. The van der Waals surface area contributed by atoms with Crippen LogP contribution >= 0.6 is 11.6 Å². The van der Waals surface area contributed by atoms with Gasteiger partial charge in [-0.1, -0.05) is 60.1 Å². The number of nitrogens with zero attached hydrogens (tertiary/aromatic N) is 4. The second-order valence-electron chi connectivity index (χ2n) is 7.80. The molecular formula is C24H25ClN6O3. The number of amides is 3. The number of imide groups is 1. The van der Waals surface area contributed by atoms with Gasteiger partial charge in [0.05, 0.1) is 17.6 Å². The minimum atomic E-state index is -0.625. The highest BCUT2D eigenvalue weighted by atomic mass is 35.5. The molecule has 3 aromatic rings. The molecule has 1 unspecified atom stereocenters. The molecule has 0 aliphatic carbocycles. The first-order chi connectivity index (χ1) is 16.5. The Balaban J connectivity index is 1.52. The van der Waals surface area contributed by atoms with E-state index in [0.717, 1.165) is 5.56 Å². The number of carbonyl (C=O) groups excluding carboxylic acids is 2. The minimum Gasteiger partial charge on any atom is -0.366 e. The van der Waals surface area contributed by atoms with E-state index in [9.17, 15) is 14.4 Å². The van der Waals surface area contributed by atoms with Crippen LogP contribution in [0.2, 0.25) is 5.02 Å². The Hall–Kier alpha value is -3.69. The molecule has 0 bridgehead atoms. The monoisotopic (exact) mass is 480 g/mol. The molecule has 176 valence electrons. The summed E-state index contributed by atoms with van der Waals surface area (Å²) in [5.41, 5.74) is 1.60. The maximum atomic E-state index is 12.9. The predicted octanol–water partition coefficient (Wildman–Crippen LogP) is 2.20. The van der Waals surface area contributed by atoms with Crippen molar-refractivity contribution in [3.8, 4) is 5.69 Å². The first-order valence-corrected chi connectivity index (χ1v) is 11.3. The van der Waals surface area contributed by atoms with Gasteiger partial charge in [0, 0.05) is 33.2 Å². The molecule has 2 N–H and O–H groups in total. The van der Waals surface area contributed by atoms with Crippen LogP contribution in [0.1, 0.15) is 11.6 Å².